The molecule has 6 nitrogen and oxygen atoms in total. The second-order valence-electron chi connectivity index (χ2n) is 7.20. The molecular formula is C22H28N4O2. The van der Waals surface area contributed by atoms with Gasteiger partial charge in [-0.1, -0.05) is 35.9 Å². The van der Waals surface area contributed by atoms with Crippen molar-refractivity contribution in [3.05, 3.63) is 59.2 Å². The van der Waals surface area contributed by atoms with Crippen molar-refractivity contribution in [1.82, 2.24) is 10.2 Å². The summed E-state index contributed by atoms with van der Waals surface area (Å²) in [6.45, 7) is 8.38. The molecule has 1 aliphatic rings. The molecule has 148 valence electrons. The molecule has 0 saturated carbocycles. The van der Waals surface area contributed by atoms with Crippen LogP contribution in [0.25, 0.3) is 0 Å². The van der Waals surface area contributed by atoms with E-state index in [1.807, 2.05) is 36.9 Å². The van der Waals surface area contributed by atoms with E-state index in [1.54, 1.807) is 4.90 Å². The van der Waals surface area contributed by atoms with Crippen LogP contribution in [0.5, 0.6) is 0 Å². The van der Waals surface area contributed by atoms with Crippen LogP contribution in [0.15, 0.2) is 42.5 Å². The normalized spacial score (nSPS) is 14.2. The maximum Gasteiger partial charge on any atom is 0.324 e. The number of hydrogen-bond acceptors (Lipinski definition) is 2. The molecule has 0 radical (unpaired) electrons. The predicted octanol–water partition coefficient (Wildman–Crippen LogP) is 4.28. The molecule has 0 unspecified atom stereocenters. The van der Waals surface area contributed by atoms with E-state index in [1.165, 1.54) is 5.56 Å². The van der Waals surface area contributed by atoms with Crippen LogP contribution in [0.3, 0.4) is 0 Å². The van der Waals surface area contributed by atoms with Gasteiger partial charge in [-0.15, -0.1) is 0 Å². The summed E-state index contributed by atoms with van der Waals surface area (Å²) in [5.41, 5.74) is 4.73. The van der Waals surface area contributed by atoms with Crippen molar-refractivity contribution in [2.75, 3.05) is 29.9 Å². The van der Waals surface area contributed by atoms with Gasteiger partial charge in [-0.05, 0) is 50.5 Å². The SMILES string of the molecule is CCNC(=O)Nc1cc(C)ccc1N1CCCN(Cc2ccc(C)cc2)C1=O. The van der Waals surface area contributed by atoms with Crippen LogP contribution < -0.4 is 15.5 Å². The molecule has 2 N–H and O–H groups in total. The zero-order valence-corrected chi connectivity index (χ0v) is 16.8. The Balaban J connectivity index is 1.81. The van der Waals surface area contributed by atoms with E-state index in [2.05, 4.69) is 41.8 Å². The molecular weight excluding hydrogens is 352 g/mol. The Kier molecular flexibility index (Phi) is 6.19. The molecule has 0 aliphatic carbocycles. The van der Waals surface area contributed by atoms with E-state index < -0.39 is 0 Å². The van der Waals surface area contributed by atoms with Gasteiger partial charge in [-0.3, -0.25) is 4.90 Å². The van der Waals surface area contributed by atoms with Gasteiger partial charge in [0.25, 0.3) is 0 Å². The average Bonchev–Trinajstić information content (AvgIpc) is 2.66. The number of urea groups is 2. The highest BCUT2D eigenvalue weighted by atomic mass is 16.2. The summed E-state index contributed by atoms with van der Waals surface area (Å²) in [5, 5.41) is 5.62. The number of anilines is 2. The summed E-state index contributed by atoms with van der Waals surface area (Å²) in [5.74, 6) is 0. The minimum atomic E-state index is -0.268. The largest absolute Gasteiger partial charge is 0.338 e. The number of rotatable bonds is 5. The van der Waals surface area contributed by atoms with Gasteiger partial charge in [-0.2, -0.15) is 0 Å². The van der Waals surface area contributed by atoms with Crippen molar-refractivity contribution in [2.45, 2.75) is 33.7 Å². The van der Waals surface area contributed by atoms with E-state index in [0.717, 1.165) is 29.8 Å². The minimum absolute atomic E-state index is 0.0328. The Morgan fingerprint density at radius 3 is 2.46 bits per heavy atom. The lowest BCUT2D eigenvalue weighted by Gasteiger charge is -2.36. The lowest BCUT2D eigenvalue weighted by atomic mass is 10.1. The third-order valence-electron chi connectivity index (χ3n) is 4.83. The summed E-state index contributed by atoms with van der Waals surface area (Å²) < 4.78 is 0. The molecule has 2 aromatic carbocycles. The molecule has 0 bridgehead atoms. The minimum Gasteiger partial charge on any atom is -0.338 e. The number of carbonyl (C=O) groups is 2. The highest BCUT2D eigenvalue weighted by molar-refractivity contribution is 6.00. The van der Waals surface area contributed by atoms with Crippen molar-refractivity contribution < 1.29 is 9.59 Å². The van der Waals surface area contributed by atoms with Crippen LogP contribution in [-0.2, 0) is 6.54 Å². The molecule has 1 heterocycles. The monoisotopic (exact) mass is 380 g/mol. The first-order valence-electron chi connectivity index (χ1n) is 9.75. The van der Waals surface area contributed by atoms with Gasteiger partial charge in [-0.25, -0.2) is 9.59 Å². The standard InChI is InChI=1S/C22H28N4O2/c1-4-23-21(27)24-19-14-17(3)8-11-20(19)26-13-5-12-25(22(26)28)15-18-9-6-16(2)7-10-18/h6-11,14H,4-5,12-13,15H2,1-3H3,(H2,23,24,27). The van der Waals surface area contributed by atoms with E-state index in [4.69, 9.17) is 0 Å². The average molecular weight is 380 g/mol. The molecule has 1 fully saturated rings. The van der Waals surface area contributed by atoms with Crippen molar-refractivity contribution in [2.24, 2.45) is 0 Å². The Morgan fingerprint density at radius 2 is 1.75 bits per heavy atom. The van der Waals surface area contributed by atoms with Crippen molar-refractivity contribution >= 4 is 23.4 Å². The fourth-order valence-corrected chi connectivity index (χ4v) is 3.38. The molecule has 2 aromatic rings. The van der Waals surface area contributed by atoms with E-state index >= 15 is 0 Å². The molecule has 0 aromatic heterocycles. The first kappa shape index (κ1) is 19.7. The number of aryl methyl sites for hydroxylation is 2. The van der Waals surface area contributed by atoms with Crippen LogP contribution in [-0.4, -0.2) is 36.6 Å². The summed E-state index contributed by atoms with van der Waals surface area (Å²) in [6, 6.07) is 13.7. The molecule has 1 aliphatic heterocycles. The topological polar surface area (TPSA) is 64.7 Å². The highest BCUT2D eigenvalue weighted by Crippen LogP contribution is 2.30. The van der Waals surface area contributed by atoms with E-state index in [-0.39, 0.29) is 12.1 Å². The second kappa shape index (κ2) is 8.78. The van der Waals surface area contributed by atoms with Crippen LogP contribution in [0.2, 0.25) is 0 Å². The fourth-order valence-electron chi connectivity index (χ4n) is 3.38. The van der Waals surface area contributed by atoms with Gasteiger partial charge in [0.15, 0.2) is 0 Å². The predicted molar refractivity (Wildman–Crippen MR) is 113 cm³/mol. The summed E-state index contributed by atoms with van der Waals surface area (Å²) in [4.78, 5) is 28.8. The van der Waals surface area contributed by atoms with Crippen LogP contribution in [0, 0.1) is 13.8 Å². The van der Waals surface area contributed by atoms with Crippen LogP contribution in [0.4, 0.5) is 21.0 Å². The zero-order chi connectivity index (χ0) is 20.1. The molecule has 4 amide bonds. The Morgan fingerprint density at radius 1 is 1.04 bits per heavy atom. The first-order chi connectivity index (χ1) is 13.5. The molecule has 1 saturated heterocycles. The molecule has 0 spiro atoms. The highest BCUT2D eigenvalue weighted by Gasteiger charge is 2.28. The zero-order valence-electron chi connectivity index (χ0n) is 16.8. The third kappa shape index (κ3) is 4.63. The molecule has 3 rings (SSSR count). The number of carbonyl (C=O) groups excluding carboxylic acids is 2. The smallest absolute Gasteiger partial charge is 0.324 e. The lowest BCUT2D eigenvalue weighted by Crippen LogP contribution is -2.49. The van der Waals surface area contributed by atoms with Crippen LogP contribution >= 0.6 is 0 Å². The number of hydrogen-bond donors (Lipinski definition) is 2. The van der Waals surface area contributed by atoms with Crippen molar-refractivity contribution in [3.8, 4) is 0 Å². The maximum atomic E-state index is 13.2. The van der Waals surface area contributed by atoms with Gasteiger partial charge in [0, 0.05) is 26.2 Å². The van der Waals surface area contributed by atoms with E-state index in [9.17, 15) is 9.59 Å². The van der Waals surface area contributed by atoms with Crippen LogP contribution in [0.1, 0.15) is 30.0 Å². The van der Waals surface area contributed by atoms with Crippen molar-refractivity contribution in [3.63, 3.8) is 0 Å². The quantitative estimate of drug-likeness (QED) is 0.813. The Bertz CT molecular complexity index is 848. The fraction of sp³-hybridized carbons (Fsp3) is 0.364. The number of nitrogens with one attached hydrogen (secondary N) is 2. The number of benzene rings is 2. The van der Waals surface area contributed by atoms with Gasteiger partial charge < -0.3 is 15.5 Å². The Labute approximate surface area is 166 Å². The van der Waals surface area contributed by atoms with E-state index in [0.29, 0.717) is 25.3 Å². The van der Waals surface area contributed by atoms with Gasteiger partial charge in [0.05, 0.1) is 11.4 Å². The number of amides is 4. The number of nitrogens with zero attached hydrogens (tertiary/aromatic N) is 2. The summed E-state index contributed by atoms with van der Waals surface area (Å²) in [6.07, 6.45) is 0.881. The lowest BCUT2D eigenvalue weighted by molar-refractivity contribution is 0.192. The van der Waals surface area contributed by atoms with Gasteiger partial charge in [0.1, 0.15) is 0 Å². The molecule has 28 heavy (non-hydrogen) atoms. The second-order valence-corrected chi connectivity index (χ2v) is 7.20. The summed E-state index contributed by atoms with van der Waals surface area (Å²) >= 11 is 0. The molecule has 6 heteroatoms. The third-order valence-corrected chi connectivity index (χ3v) is 4.83. The van der Waals surface area contributed by atoms with Gasteiger partial charge >= 0.3 is 12.1 Å². The van der Waals surface area contributed by atoms with Crippen molar-refractivity contribution in [1.29, 1.82) is 0 Å². The molecule has 0 atom stereocenters. The summed E-state index contributed by atoms with van der Waals surface area (Å²) in [7, 11) is 0. The maximum absolute atomic E-state index is 13.2. The Hall–Kier alpha value is -3.02. The first-order valence-corrected chi connectivity index (χ1v) is 9.75. The van der Waals surface area contributed by atoms with Gasteiger partial charge in [0.2, 0.25) is 0 Å².